The quantitative estimate of drug-likeness (QED) is 0.890. The third kappa shape index (κ3) is 3.92. The number of hydrogen-bond acceptors (Lipinski definition) is 4. The Bertz CT molecular complexity index is 489. The van der Waals surface area contributed by atoms with Gasteiger partial charge in [-0.15, -0.1) is 0 Å². The summed E-state index contributed by atoms with van der Waals surface area (Å²) < 4.78 is 0. The van der Waals surface area contributed by atoms with Crippen LogP contribution in [0.1, 0.15) is 27.2 Å². The lowest BCUT2D eigenvalue weighted by Crippen LogP contribution is -2.30. The van der Waals surface area contributed by atoms with Gasteiger partial charge in [0.1, 0.15) is 0 Å². The molecule has 0 aliphatic carbocycles. The second-order valence-corrected chi connectivity index (χ2v) is 7.61. The van der Waals surface area contributed by atoms with Crippen molar-refractivity contribution in [1.29, 1.82) is 0 Å². The molecule has 3 nitrogen and oxygen atoms in total. The normalized spacial score (nSPS) is 19.4. The van der Waals surface area contributed by atoms with Crippen LogP contribution < -0.4 is 10.2 Å². The Balaban J connectivity index is 2.13. The van der Waals surface area contributed by atoms with E-state index in [-0.39, 0.29) is 5.41 Å². The van der Waals surface area contributed by atoms with E-state index in [1.807, 2.05) is 11.8 Å². The van der Waals surface area contributed by atoms with Gasteiger partial charge in [0.25, 0.3) is 0 Å². The highest BCUT2D eigenvalue weighted by Gasteiger charge is 2.27. The van der Waals surface area contributed by atoms with Crippen molar-refractivity contribution >= 4 is 28.3 Å². The van der Waals surface area contributed by atoms with Crippen molar-refractivity contribution in [2.24, 2.45) is 10.4 Å². The number of hydrogen-bond donors (Lipinski definition) is 1. The molecule has 0 saturated heterocycles. The molecule has 0 fully saturated rings. The fraction of sp³-hybridized carbons (Fsp3) is 0.562. The molecule has 4 heteroatoms. The summed E-state index contributed by atoms with van der Waals surface area (Å²) in [6.07, 6.45) is 1.16. The Morgan fingerprint density at radius 2 is 2.05 bits per heavy atom. The number of nitrogens with one attached hydrogen (secondary N) is 1. The highest BCUT2D eigenvalue weighted by molar-refractivity contribution is 8.14. The zero-order chi connectivity index (χ0) is 14.8. The lowest BCUT2D eigenvalue weighted by atomic mass is 9.85. The molecule has 1 heterocycles. The van der Waals surface area contributed by atoms with Crippen molar-refractivity contribution in [3.63, 3.8) is 0 Å². The molecular formula is C16H25N3S. The first-order chi connectivity index (χ1) is 9.36. The third-order valence-corrected chi connectivity index (χ3v) is 4.44. The van der Waals surface area contributed by atoms with Crippen LogP contribution in [0, 0.1) is 5.41 Å². The number of anilines is 2. The summed E-state index contributed by atoms with van der Waals surface area (Å²) in [5, 5.41) is 4.51. The molecule has 0 aromatic heterocycles. The first-order valence-electron chi connectivity index (χ1n) is 7.11. The van der Waals surface area contributed by atoms with Crippen LogP contribution in [0.2, 0.25) is 0 Å². The Kier molecular flexibility index (Phi) is 4.63. The van der Waals surface area contributed by atoms with E-state index in [0.29, 0.717) is 6.04 Å². The monoisotopic (exact) mass is 291 g/mol. The number of thioether (sulfide) groups is 1. The molecule has 0 spiro atoms. The van der Waals surface area contributed by atoms with E-state index in [2.05, 4.69) is 69.3 Å². The van der Waals surface area contributed by atoms with E-state index in [1.54, 1.807) is 0 Å². The second-order valence-electron chi connectivity index (χ2n) is 6.52. The maximum Gasteiger partial charge on any atom is 0.161 e. The minimum atomic E-state index is 0.236. The molecule has 0 bridgehead atoms. The molecule has 0 amide bonds. The standard InChI is InChI=1S/C16H25N3S/c1-16(2,3)14-9-10-20-15(18-14)17-12-7-6-8-13(11-12)19(4)5/h6-8,11,14H,9-10H2,1-5H3,(H,17,18). The zero-order valence-corrected chi connectivity index (χ0v) is 13.9. The highest BCUT2D eigenvalue weighted by Crippen LogP contribution is 2.31. The Morgan fingerprint density at radius 3 is 2.70 bits per heavy atom. The van der Waals surface area contributed by atoms with Crippen LogP contribution in [-0.4, -0.2) is 31.1 Å². The van der Waals surface area contributed by atoms with Gasteiger partial charge in [0, 0.05) is 31.2 Å². The first-order valence-corrected chi connectivity index (χ1v) is 8.10. The van der Waals surface area contributed by atoms with E-state index < -0.39 is 0 Å². The van der Waals surface area contributed by atoms with Crippen LogP contribution >= 0.6 is 11.8 Å². The van der Waals surface area contributed by atoms with Crippen molar-refractivity contribution in [2.75, 3.05) is 30.1 Å². The summed E-state index contributed by atoms with van der Waals surface area (Å²) >= 11 is 1.82. The molecule has 1 aromatic carbocycles. The van der Waals surface area contributed by atoms with E-state index in [1.165, 1.54) is 5.69 Å². The topological polar surface area (TPSA) is 27.6 Å². The fourth-order valence-electron chi connectivity index (χ4n) is 2.19. The molecule has 110 valence electrons. The maximum absolute atomic E-state index is 4.88. The van der Waals surface area contributed by atoms with Gasteiger partial charge in [-0.1, -0.05) is 38.6 Å². The van der Waals surface area contributed by atoms with Gasteiger partial charge in [0.15, 0.2) is 5.17 Å². The van der Waals surface area contributed by atoms with Crippen molar-refractivity contribution in [2.45, 2.75) is 33.2 Å². The van der Waals surface area contributed by atoms with Gasteiger partial charge in [0.05, 0.1) is 6.04 Å². The van der Waals surface area contributed by atoms with Gasteiger partial charge >= 0.3 is 0 Å². The summed E-state index contributed by atoms with van der Waals surface area (Å²) in [6.45, 7) is 6.80. The predicted molar refractivity (Wildman–Crippen MR) is 92.1 cm³/mol. The van der Waals surface area contributed by atoms with Crippen LogP contribution in [0.5, 0.6) is 0 Å². The average Bonchev–Trinajstić information content (AvgIpc) is 2.38. The Hall–Kier alpha value is -1.16. The van der Waals surface area contributed by atoms with Crippen LogP contribution in [0.4, 0.5) is 11.4 Å². The number of rotatable bonds is 2. The van der Waals surface area contributed by atoms with E-state index in [9.17, 15) is 0 Å². The lowest BCUT2D eigenvalue weighted by molar-refractivity contribution is 0.316. The Labute approximate surface area is 126 Å². The largest absolute Gasteiger partial charge is 0.378 e. The Morgan fingerprint density at radius 1 is 1.30 bits per heavy atom. The zero-order valence-electron chi connectivity index (χ0n) is 13.1. The minimum absolute atomic E-state index is 0.236. The van der Waals surface area contributed by atoms with Crippen LogP contribution in [0.15, 0.2) is 29.3 Å². The molecule has 1 aromatic rings. The summed E-state index contributed by atoms with van der Waals surface area (Å²) in [4.78, 5) is 6.99. The van der Waals surface area contributed by atoms with Gasteiger partial charge in [-0.05, 0) is 30.0 Å². The van der Waals surface area contributed by atoms with Gasteiger partial charge in [-0.25, -0.2) is 0 Å². The molecule has 1 N–H and O–H groups in total. The van der Waals surface area contributed by atoms with Crippen LogP contribution in [0.25, 0.3) is 0 Å². The molecule has 1 aliphatic rings. The summed E-state index contributed by atoms with van der Waals surface area (Å²) in [7, 11) is 4.11. The summed E-state index contributed by atoms with van der Waals surface area (Å²) in [5.41, 5.74) is 2.54. The average molecular weight is 291 g/mol. The van der Waals surface area contributed by atoms with Crippen LogP contribution in [-0.2, 0) is 0 Å². The highest BCUT2D eigenvalue weighted by atomic mass is 32.2. The second kappa shape index (κ2) is 6.08. The summed E-state index contributed by atoms with van der Waals surface area (Å²) in [5.74, 6) is 1.14. The predicted octanol–water partition coefficient (Wildman–Crippen LogP) is 4.07. The van der Waals surface area contributed by atoms with Crippen LogP contribution in [0.3, 0.4) is 0 Å². The fourth-order valence-corrected chi connectivity index (χ4v) is 3.12. The van der Waals surface area contributed by atoms with Crippen molar-refractivity contribution in [3.05, 3.63) is 24.3 Å². The maximum atomic E-state index is 4.88. The van der Waals surface area contributed by atoms with Crippen molar-refractivity contribution in [1.82, 2.24) is 0 Å². The van der Waals surface area contributed by atoms with Gasteiger partial charge < -0.3 is 10.2 Å². The van der Waals surface area contributed by atoms with Crippen molar-refractivity contribution < 1.29 is 0 Å². The molecule has 2 rings (SSSR count). The number of benzene rings is 1. The molecule has 1 aliphatic heterocycles. The number of nitrogens with zero attached hydrogens (tertiary/aromatic N) is 2. The molecule has 1 atom stereocenters. The molecule has 0 radical (unpaired) electrons. The SMILES string of the molecule is CN(C)c1cccc(NC2=NC(C(C)(C)C)CCS2)c1. The van der Waals surface area contributed by atoms with Gasteiger partial charge in [0.2, 0.25) is 0 Å². The number of aliphatic imine (C=N–C) groups is 1. The van der Waals surface area contributed by atoms with Gasteiger partial charge in [-0.3, -0.25) is 4.99 Å². The smallest absolute Gasteiger partial charge is 0.161 e. The van der Waals surface area contributed by atoms with Crippen molar-refractivity contribution in [3.8, 4) is 0 Å². The molecular weight excluding hydrogens is 266 g/mol. The third-order valence-electron chi connectivity index (χ3n) is 3.52. The van der Waals surface area contributed by atoms with Gasteiger partial charge in [-0.2, -0.15) is 0 Å². The molecule has 1 unspecified atom stereocenters. The minimum Gasteiger partial charge on any atom is -0.378 e. The lowest BCUT2D eigenvalue weighted by Gasteiger charge is -2.31. The molecule has 20 heavy (non-hydrogen) atoms. The number of amidine groups is 1. The molecule has 0 saturated carbocycles. The van der Waals surface area contributed by atoms with E-state index in [4.69, 9.17) is 4.99 Å². The summed E-state index contributed by atoms with van der Waals surface area (Å²) in [6, 6.07) is 8.84. The van der Waals surface area contributed by atoms with E-state index in [0.717, 1.165) is 23.0 Å². The van der Waals surface area contributed by atoms with E-state index >= 15 is 0 Å². The first kappa shape index (κ1) is 15.2.